The molecular formula is C14H9ClN6O3. The van der Waals surface area contributed by atoms with Gasteiger partial charge in [-0.2, -0.15) is 4.98 Å². The van der Waals surface area contributed by atoms with Crippen molar-refractivity contribution < 1.29 is 13.7 Å². The molecule has 0 saturated heterocycles. The van der Waals surface area contributed by atoms with Gasteiger partial charge in [0.25, 0.3) is 5.89 Å². The van der Waals surface area contributed by atoms with Crippen molar-refractivity contribution in [1.82, 2.24) is 25.6 Å². The van der Waals surface area contributed by atoms with Gasteiger partial charge < -0.3 is 14.8 Å². The van der Waals surface area contributed by atoms with Crippen molar-refractivity contribution >= 4 is 17.4 Å². The molecule has 0 radical (unpaired) electrons. The van der Waals surface area contributed by atoms with Crippen molar-refractivity contribution in [3.8, 4) is 34.2 Å². The second kappa shape index (κ2) is 5.46. The summed E-state index contributed by atoms with van der Waals surface area (Å²) in [4.78, 5) is 4.27. The summed E-state index contributed by atoms with van der Waals surface area (Å²) in [6.07, 6.45) is 0. The van der Waals surface area contributed by atoms with Crippen LogP contribution in [0.5, 0.6) is 0 Å². The highest BCUT2D eigenvalue weighted by molar-refractivity contribution is 6.33. The Bertz CT molecular complexity index is 1020. The van der Waals surface area contributed by atoms with Crippen molar-refractivity contribution in [2.75, 3.05) is 5.73 Å². The van der Waals surface area contributed by atoms with E-state index >= 15 is 0 Å². The first kappa shape index (κ1) is 14.4. The Balaban J connectivity index is 1.84. The highest BCUT2D eigenvalue weighted by atomic mass is 35.5. The first-order chi connectivity index (χ1) is 11.6. The maximum atomic E-state index is 6.24. The summed E-state index contributed by atoms with van der Waals surface area (Å²) in [7, 11) is 0. The van der Waals surface area contributed by atoms with E-state index in [2.05, 4.69) is 30.2 Å². The van der Waals surface area contributed by atoms with E-state index < -0.39 is 0 Å². The van der Waals surface area contributed by atoms with Crippen LogP contribution in [0.15, 0.2) is 37.9 Å². The molecule has 9 nitrogen and oxygen atoms in total. The van der Waals surface area contributed by atoms with E-state index in [4.69, 9.17) is 26.4 Å². The lowest BCUT2D eigenvalue weighted by Crippen LogP contribution is -1.90. The molecule has 10 heteroatoms. The van der Waals surface area contributed by atoms with Crippen molar-refractivity contribution in [1.29, 1.82) is 0 Å². The lowest BCUT2D eigenvalue weighted by molar-refractivity contribution is 0.310. The van der Waals surface area contributed by atoms with Crippen LogP contribution in [0.2, 0.25) is 5.02 Å². The van der Waals surface area contributed by atoms with E-state index in [1.807, 2.05) is 18.2 Å². The number of benzene rings is 1. The molecule has 0 unspecified atom stereocenters. The molecule has 3 aromatic heterocycles. The molecule has 1 aromatic carbocycles. The van der Waals surface area contributed by atoms with E-state index in [1.54, 1.807) is 13.0 Å². The molecule has 0 amide bonds. The molecule has 120 valence electrons. The first-order valence-corrected chi connectivity index (χ1v) is 7.16. The van der Waals surface area contributed by atoms with Crippen LogP contribution >= 0.6 is 11.6 Å². The molecule has 3 heterocycles. The number of hydrogen-bond acceptors (Lipinski definition) is 9. The summed E-state index contributed by atoms with van der Waals surface area (Å²) < 4.78 is 15.1. The number of nitrogens with zero attached hydrogens (tertiary/aromatic N) is 5. The van der Waals surface area contributed by atoms with Gasteiger partial charge >= 0.3 is 0 Å². The Hall–Kier alpha value is -3.20. The lowest BCUT2D eigenvalue weighted by atomic mass is 10.1. The molecule has 0 aliphatic rings. The van der Waals surface area contributed by atoms with Gasteiger partial charge in [-0.3, -0.25) is 0 Å². The van der Waals surface area contributed by atoms with Gasteiger partial charge in [0, 0.05) is 5.56 Å². The van der Waals surface area contributed by atoms with Gasteiger partial charge in [0.1, 0.15) is 17.0 Å². The third-order valence-electron chi connectivity index (χ3n) is 3.36. The van der Waals surface area contributed by atoms with Gasteiger partial charge in [0.2, 0.25) is 5.82 Å². The average molecular weight is 345 g/mol. The number of halogens is 1. The van der Waals surface area contributed by atoms with Gasteiger partial charge in [-0.25, -0.2) is 4.63 Å². The molecule has 0 bridgehead atoms. The Labute approximate surface area is 139 Å². The van der Waals surface area contributed by atoms with Crippen LogP contribution in [0.1, 0.15) is 5.76 Å². The molecule has 0 fully saturated rings. The minimum absolute atomic E-state index is 0.0655. The molecule has 24 heavy (non-hydrogen) atoms. The van der Waals surface area contributed by atoms with Crippen molar-refractivity contribution in [3.63, 3.8) is 0 Å². The Morgan fingerprint density at radius 3 is 2.58 bits per heavy atom. The summed E-state index contributed by atoms with van der Waals surface area (Å²) in [6, 6.07) is 7.24. The summed E-state index contributed by atoms with van der Waals surface area (Å²) in [6.45, 7) is 1.73. The van der Waals surface area contributed by atoms with Crippen LogP contribution in [0, 0.1) is 6.92 Å². The normalized spacial score (nSPS) is 11.1. The zero-order valence-electron chi connectivity index (χ0n) is 12.2. The molecule has 0 atom stereocenters. The zero-order valence-corrected chi connectivity index (χ0v) is 13.0. The summed E-state index contributed by atoms with van der Waals surface area (Å²) in [5.41, 5.74) is 7.55. The molecule has 0 spiro atoms. The first-order valence-electron chi connectivity index (χ1n) is 6.79. The summed E-state index contributed by atoms with van der Waals surface area (Å²) >= 11 is 6.24. The molecule has 0 aliphatic heterocycles. The maximum absolute atomic E-state index is 6.24. The fourth-order valence-corrected chi connectivity index (χ4v) is 2.46. The van der Waals surface area contributed by atoms with Gasteiger partial charge in [-0.05, 0) is 23.3 Å². The molecule has 2 N–H and O–H groups in total. The van der Waals surface area contributed by atoms with Crippen LogP contribution in [-0.2, 0) is 0 Å². The van der Waals surface area contributed by atoms with E-state index in [-0.39, 0.29) is 23.2 Å². The van der Waals surface area contributed by atoms with Crippen LogP contribution < -0.4 is 5.73 Å². The lowest BCUT2D eigenvalue weighted by Gasteiger charge is -2.00. The van der Waals surface area contributed by atoms with Crippen LogP contribution in [0.3, 0.4) is 0 Å². The second-order valence-electron chi connectivity index (χ2n) is 4.86. The van der Waals surface area contributed by atoms with E-state index in [9.17, 15) is 0 Å². The van der Waals surface area contributed by atoms with Crippen LogP contribution in [0.4, 0.5) is 5.82 Å². The Morgan fingerprint density at radius 2 is 1.83 bits per heavy atom. The Kier molecular flexibility index (Phi) is 3.28. The maximum Gasteiger partial charge on any atom is 0.264 e. The van der Waals surface area contributed by atoms with E-state index in [0.29, 0.717) is 27.6 Å². The fourth-order valence-electron chi connectivity index (χ4n) is 2.23. The van der Waals surface area contributed by atoms with E-state index in [1.165, 1.54) is 0 Å². The Morgan fingerprint density at radius 1 is 1.00 bits per heavy atom. The number of rotatable bonds is 3. The number of nitrogen functional groups attached to an aromatic ring is 1. The number of aryl methyl sites for hydroxylation is 1. The van der Waals surface area contributed by atoms with Crippen LogP contribution in [0.25, 0.3) is 34.2 Å². The SMILES string of the molecule is Cc1onc(-c2ccccc2Cl)c1-c1nc(-c2nonc2N)no1. The zero-order chi connectivity index (χ0) is 16.7. The largest absolute Gasteiger partial charge is 0.379 e. The monoisotopic (exact) mass is 344 g/mol. The molecule has 4 rings (SSSR count). The summed E-state index contributed by atoms with van der Waals surface area (Å²) in [5, 5.41) is 15.5. The van der Waals surface area contributed by atoms with E-state index in [0.717, 1.165) is 0 Å². The number of anilines is 1. The second-order valence-corrected chi connectivity index (χ2v) is 5.27. The minimum Gasteiger partial charge on any atom is -0.379 e. The number of nitrogens with two attached hydrogens (primary N) is 1. The quantitative estimate of drug-likeness (QED) is 0.595. The van der Waals surface area contributed by atoms with Gasteiger partial charge in [0.05, 0.1) is 5.02 Å². The van der Waals surface area contributed by atoms with Crippen molar-refractivity contribution in [3.05, 3.63) is 35.0 Å². The topological polar surface area (TPSA) is 130 Å². The molecule has 0 saturated carbocycles. The van der Waals surface area contributed by atoms with Gasteiger partial charge in [-0.1, -0.05) is 40.1 Å². The van der Waals surface area contributed by atoms with Crippen molar-refractivity contribution in [2.45, 2.75) is 6.92 Å². The van der Waals surface area contributed by atoms with Gasteiger partial charge in [0.15, 0.2) is 11.5 Å². The van der Waals surface area contributed by atoms with Crippen LogP contribution in [-0.4, -0.2) is 25.6 Å². The number of aromatic nitrogens is 5. The smallest absolute Gasteiger partial charge is 0.264 e. The number of hydrogen-bond donors (Lipinski definition) is 1. The standard InChI is InChI=1S/C14H9ClN6O3/c1-6-9(10(18-22-6)7-4-2-3-5-8(7)15)14-17-13(21-23-14)11-12(16)20-24-19-11/h2-5H,1H3,(H2,16,20). The predicted molar refractivity (Wildman–Crippen MR) is 82.7 cm³/mol. The van der Waals surface area contributed by atoms with Gasteiger partial charge in [-0.15, -0.1) is 0 Å². The third-order valence-corrected chi connectivity index (χ3v) is 3.69. The molecular weight excluding hydrogens is 336 g/mol. The highest BCUT2D eigenvalue weighted by Gasteiger charge is 2.25. The minimum atomic E-state index is 0.0655. The predicted octanol–water partition coefficient (Wildman–Crippen LogP) is 2.99. The summed E-state index contributed by atoms with van der Waals surface area (Å²) in [5.74, 6) is 0.914. The average Bonchev–Trinajstić information content (AvgIpc) is 3.27. The van der Waals surface area contributed by atoms with Crippen molar-refractivity contribution in [2.24, 2.45) is 0 Å². The fraction of sp³-hybridized carbons (Fsp3) is 0.0714. The molecule has 4 aromatic rings. The highest BCUT2D eigenvalue weighted by Crippen LogP contribution is 2.37. The third kappa shape index (κ3) is 2.22. The molecule has 0 aliphatic carbocycles.